The van der Waals surface area contributed by atoms with E-state index in [0.29, 0.717) is 0 Å². The lowest BCUT2D eigenvalue weighted by Gasteiger charge is -2.42. The normalized spacial score (nSPS) is 51.0. The first kappa shape index (κ1) is 11.9. The molecule has 3 aliphatic rings. The van der Waals surface area contributed by atoms with Gasteiger partial charge >= 0.3 is 0 Å². The van der Waals surface area contributed by atoms with Crippen LogP contribution in [0.4, 0.5) is 0 Å². The van der Waals surface area contributed by atoms with Crippen molar-refractivity contribution in [3.05, 3.63) is 0 Å². The molecule has 0 bridgehead atoms. The Morgan fingerprint density at radius 1 is 0.706 bits per heavy atom. The highest BCUT2D eigenvalue weighted by atomic mass is 16.9. The molecule has 3 fully saturated rings. The zero-order chi connectivity index (χ0) is 12.4. The van der Waals surface area contributed by atoms with E-state index in [1.54, 1.807) is 0 Å². The highest BCUT2D eigenvalue weighted by Crippen LogP contribution is 2.44. The molecule has 0 radical (unpaired) electrons. The lowest BCUT2D eigenvalue weighted by atomic mass is 10.0. The second kappa shape index (κ2) is 3.42. The molecule has 0 aliphatic carbocycles. The fraction of sp³-hybridized carbons (Fsp3) is 1.00. The average Bonchev–Trinajstić information content (AvgIpc) is 2.58. The van der Waals surface area contributed by atoms with Gasteiger partial charge < -0.3 is 23.7 Å². The van der Waals surface area contributed by atoms with Crippen molar-refractivity contribution in [2.45, 2.75) is 76.9 Å². The molecule has 3 heterocycles. The maximum Gasteiger partial charge on any atom is 0.190 e. The lowest BCUT2D eigenvalue weighted by Crippen LogP contribution is -2.54. The van der Waals surface area contributed by atoms with Gasteiger partial charge in [0.15, 0.2) is 17.9 Å². The zero-order valence-corrected chi connectivity index (χ0v) is 10.9. The summed E-state index contributed by atoms with van der Waals surface area (Å²) in [6, 6.07) is 0. The summed E-state index contributed by atoms with van der Waals surface area (Å²) in [5.41, 5.74) is 0. The summed E-state index contributed by atoms with van der Waals surface area (Å²) in [5.74, 6) is -1.20. The van der Waals surface area contributed by atoms with Gasteiger partial charge in [0.25, 0.3) is 0 Å². The Morgan fingerprint density at radius 2 is 1.29 bits per heavy atom. The molecule has 0 saturated carbocycles. The van der Waals surface area contributed by atoms with Gasteiger partial charge in [-0.3, -0.25) is 0 Å². The van der Waals surface area contributed by atoms with Gasteiger partial charge in [0.05, 0.1) is 6.10 Å². The Labute approximate surface area is 101 Å². The van der Waals surface area contributed by atoms with E-state index in [0.717, 1.165) is 0 Å². The van der Waals surface area contributed by atoms with Crippen LogP contribution in [0.5, 0.6) is 0 Å². The SMILES string of the molecule is C[C@@H]1OC(C)(C)O[C@@H]2C3OC(C)(C)OC3O[C@H]12. The van der Waals surface area contributed by atoms with Crippen LogP contribution in [-0.4, -0.2) is 42.3 Å². The second-order valence-corrected chi connectivity index (χ2v) is 5.87. The molecule has 3 saturated heterocycles. The van der Waals surface area contributed by atoms with Gasteiger partial charge in [-0.25, -0.2) is 0 Å². The topological polar surface area (TPSA) is 46.2 Å². The van der Waals surface area contributed by atoms with Gasteiger partial charge in [-0.1, -0.05) is 0 Å². The van der Waals surface area contributed by atoms with Crippen LogP contribution in [0.25, 0.3) is 0 Å². The van der Waals surface area contributed by atoms with Crippen molar-refractivity contribution in [2.75, 3.05) is 0 Å². The Bertz CT molecular complexity index is 327. The van der Waals surface area contributed by atoms with Crippen LogP contribution in [0.15, 0.2) is 0 Å². The molecule has 5 nitrogen and oxygen atoms in total. The molecule has 0 aromatic rings. The molecule has 5 atom stereocenters. The van der Waals surface area contributed by atoms with Crippen LogP contribution in [-0.2, 0) is 23.7 Å². The van der Waals surface area contributed by atoms with Gasteiger partial charge in [0.2, 0.25) is 0 Å². The maximum atomic E-state index is 5.92. The van der Waals surface area contributed by atoms with Gasteiger partial charge in [-0.15, -0.1) is 0 Å². The van der Waals surface area contributed by atoms with Crippen molar-refractivity contribution in [2.24, 2.45) is 0 Å². The predicted molar refractivity (Wildman–Crippen MR) is 58.2 cm³/mol. The van der Waals surface area contributed by atoms with E-state index in [1.165, 1.54) is 0 Å². The van der Waals surface area contributed by atoms with E-state index < -0.39 is 11.6 Å². The van der Waals surface area contributed by atoms with Crippen molar-refractivity contribution in [3.63, 3.8) is 0 Å². The largest absolute Gasteiger partial charge is 0.345 e. The minimum atomic E-state index is -0.602. The van der Waals surface area contributed by atoms with E-state index in [4.69, 9.17) is 23.7 Å². The Kier molecular flexibility index (Phi) is 2.39. The molecular formula is C12H20O5. The van der Waals surface area contributed by atoms with Crippen molar-refractivity contribution in [3.8, 4) is 0 Å². The first-order valence-corrected chi connectivity index (χ1v) is 6.14. The van der Waals surface area contributed by atoms with Crippen LogP contribution in [0.2, 0.25) is 0 Å². The number of hydrogen-bond acceptors (Lipinski definition) is 5. The second-order valence-electron chi connectivity index (χ2n) is 5.87. The molecule has 3 rings (SSSR count). The minimum Gasteiger partial charge on any atom is -0.345 e. The molecule has 98 valence electrons. The third-order valence-corrected chi connectivity index (χ3v) is 3.38. The summed E-state index contributed by atoms with van der Waals surface area (Å²) in [5, 5.41) is 0. The molecule has 0 spiro atoms. The van der Waals surface area contributed by atoms with Gasteiger partial charge in [0.1, 0.15) is 18.3 Å². The van der Waals surface area contributed by atoms with Crippen LogP contribution in [0.1, 0.15) is 34.6 Å². The maximum absolute atomic E-state index is 5.92. The zero-order valence-electron chi connectivity index (χ0n) is 10.9. The number of hydrogen-bond donors (Lipinski definition) is 0. The van der Waals surface area contributed by atoms with Gasteiger partial charge in [-0.2, -0.15) is 0 Å². The molecular weight excluding hydrogens is 224 g/mol. The Hall–Kier alpha value is -0.200. The molecule has 0 aromatic carbocycles. The predicted octanol–water partition coefficient (Wildman–Crippen LogP) is 1.40. The standard InChI is InChI=1S/C12H20O5/c1-6-7-8(15-11(2,3)14-6)9-10(13-7)17-12(4,5)16-9/h6-10H,1-5H3/t6-,7+,8-,9?,10?/m0/s1. The van der Waals surface area contributed by atoms with Crippen molar-refractivity contribution in [1.29, 1.82) is 0 Å². The van der Waals surface area contributed by atoms with Crippen molar-refractivity contribution >= 4 is 0 Å². The molecule has 2 unspecified atom stereocenters. The number of rotatable bonds is 0. The summed E-state index contributed by atoms with van der Waals surface area (Å²) in [6.45, 7) is 9.59. The van der Waals surface area contributed by atoms with E-state index in [2.05, 4.69) is 0 Å². The van der Waals surface area contributed by atoms with E-state index >= 15 is 0 Å². The molecule has 0 amide bonds. The lowest BCUT2D eigenvalue weighted by molar-refractivity contribution is -0.340. The third kappa shape index (κ3) is 1.90. The van der Waals surface area contributed by atoms with Crippen LogP contribution >= 0.6 is 0 Å². The van der Waals surface area contributed by atoms with Gasteiger partial charge in [-0.05, 0) is 34.6 Å². The highest BCUT2D eigenvalue weighted by molar-refractivity contribution is 4.99. The van der Waals surface area contributed by atoms with Crippen molar-refractivity contribution in [1.82, 2.24) is 0 Å². The Balaban J connectivity index is 1.82. The minimum absolute atomic E-state index is 0.0235. The number of ether oxygens (including phenoxy) is 5. The molecule has 3 aliphatic heterocycles. The van der Waals surface area contributed by atoms with E-state index in [-0.39, 0.29) is 30.7 Å². The average molecular weight is 244 g/mol. The summed E-state index contributed by atoms with van der Waals surface area (Å²) in [6.07, 6.45) is -0.778. The first-order chi connectivity index (χ1) is 7.77. The van der Waals surface area contributed by atoms with Crippen LogP contribution in [0.3, 0.4) is 0 Å². The quantitative estimate of drug-likeness (QED) is 0.644. The van der Waals surface area contributed by atoms with Crippen LogP contribution in [0, 0.1) is 0 Å². The third-order valence-electron chi connectivity index (χ3n) is 3.38. The summed E-state index contributed by atoms with van der Waals surface area (Å²) in [7, 11) is 0. The Morgan fingerprint density at radius 3 is 2.00 bits per heavy atom. The summed E-state index contributed by atoms with van der Waals surface area (Å²) < 4.78 is 29.1. The smallest absolute Gasteiger partial charge is 0.190 e. The van der Waals surface area contributed by atoms with Crippen molar-refractivity contribution < 1.29 is 23.7 Å². The summed E-state index contributed by atoms with van der Waals surface area (Å²) >= 11 is 0. The van der Waals surface area contributed by atoms with E-state index in [9.17, 15) is 0 Å². The van der Waals surface area contributed by atoms with E-state index in [1.807, 2.05) is 34.6 Å². The first-order valence-electron chi connectivity index (χ1n) is 6.14. The molecule has 0 aromatic heterocycles. The van der Waals surface area contributed by atoms with Crippen LogP contribution < -0.4 is 0 Å². The number of fused-ring (bicyclic) bond motifs is 3. The molecule has 5 heteroatoms. The highest BCUT2D eigenvalue weighted by Gasteiger charge is 2.60. The molecule has 17 heavy (non-hydrogen) atoms. The fourth-order valence-corrected chi connectivity index (χ4v) is 2.89. The fourth-order valence-electron chi connectivity index (χ4n) is 2.89. The van der Waals surface area contributed by atoms with Gasteiger partial charge in [0, 0.05) is 0 Å². The molecule has 0 N–H and O–H groups in total. The summed E-state index contributed by atoms with van der Waals surface area (Å²) in [4.78, 5) is 0. The monoisotopic (exact) mass is 244 g/mol.